The molecular weight excluding hydrogens is 791 g/mol. The van der Waals surface area contributed by atoms with E-state index in [4.69, 9.17) is 9.47 Å². The molecule has 0 radical (unpaired) electrons. The van der Waals surface area contributed by atoms with Crippen molar-refractivity contribution in [1.82, 2.24) is 20.4 Å². The first kappa shape index (κ1) is 46.9. The lowest BCUT2D eigenvalue weighted by Crippen LogP contribution is -2.52. The number of nitrogens with zero attached hydrogens (tertiary/aromatic N) is 2. The fourth-order valence-corrected chi connectivity index (χ4v) is 9.94. The number of amides is 2. The number of likely N-dealkylation sites (tertiary alicyclic amines) is 2. The quantitative estimate of drug-likeness (QED) is 0.181. The zero-order valence-electron chi connectivity index (χ0n) is 32.5. The fraction of sp³-hybridized carbons (Fsp3) is 0.659. The number of alkyl halides is 6. The van der Waals surface area contributed by atoms with Gasteiger partial charge in [0.25, 0.3) is 11.8 Å². The van der Waals surface area contributed by atoms with E-state index in [2.05, 4.69) is 20.4 Å². The normalized spacial score (nSPS) is 23.2. The molecule has 0 bridgehead atoms. The van der Waals surface area contributed by atoms with E-state index in [0.29, 0.717) is 12.1 Å². The molecule has 4 fully saturated rings. The van der Waals surface area contributed by atoms with Crippen molar-refractivity contribution in [2.75, 3.05) is 52.9 Å². The summed E-state index contributed by atoms with van der Waals surface area (Å²) in [5.74, 6) is -0.785. The molecule has 320 valence electrons. The number of benzene rings is 2. The molecular formula is C41H58F6N4O4S2. The Labute approximate surface area is 341 Å². The maximum Gasteiger partial charge on any atom is 0.416 e. The minimum absolute atomic E-state index is 0. The molecule has 2 N–H and O–H groups in total. The van der Waals surface area contributed by atoms with Gasteiger partial charge < -0.3 is 20.1 Å². The van der Waals surface area contributed by atoms with Gasteiger partial charge in [-0.05, 0) is 114 Å². The Kier molecular flexibility index (Phi) is 17.2. The molecule has 2 aromatic rings. The van der Waals surface area contributed by atoms with Crippen LogP contribution in [-0.2, 0) is 12.4 Å². The second-order valence-electron chi connectivity index (χ2n) is 14.9. The van der Waals surface area contributed by atoms with E-state index in [1.165, 1.54) is 39.9 Å². The fourth-order valence-electron chi connectivity index (χ4n) is 8.66. The standard InChI is InChI=1S/2C20H27F3N2O2S.CH4/c2*1-27-16-11-13(20(21,22)23)12-17(28-2)18(16)19(26)24-14-7-3-4-8-15(14)25-9-5-6-10-25;/h2*11-12,14-15H,3-10H2,1-2H3,(H,24,26);1H4/t2*14-,15+;/m10./s1. The molecule has 0 spiro atoms. The lowest BCUT2D eigenvalue weighted by molar-refractivity contribution is -0.138. The highest BCUT2D eigenvalue weighted by Crippen LogP contribution is 2.40. The summed E-state index contributed by atoms with van der Waals surface area (Å²) in [5, 5.41) is 6.23. The van der Waals surface area contributed by atoms with E-state index in [1.54, 1.807) is 12.5 Å². The number of carbonyl (C=O) groups is 2. The van der Waals surface area contributed by atoms with Crippen molar-refractivity contribution in [3.8, 4) is 11.5 Å². The van der Waals surface area contributed by atoms with Crippen LogP contribution >= 0.6 is 23.5 Å². The van der Waals surface area contributed by atoms with E-state index >= 15 is 0 Å². The Morgan fingerprint density at radius 1 is 0.596 bits per heavy atom. The molecule has 16 heteroatoms. The van der Waals surface area contributed by atoms with E-state index < -0.39 is 23.5 Å². The Bertz CT molecular complexity index is 1480. The van der Waals surface area contributed by atoms with Gasteiger partial charge in [-0.25, -0.2) is 0 Å². The van der Waals surface area contributed by atoms with Crippen LogP contribution in [-0.4, -0.2) is 98.7 Å². The summed E-state index contributed by atoms with van der Waals surface area (Å²) >= 11 is 2.24. The first-order valence-electron chi connectivity index (χ1n) is 19.5. The van der Waals surface area contributed by atoms with Crippen LogP contribution in [0.15, 0.2) is 34.1 Å². The smallest absolute Gasteiger partial charge is 0.416 e. The van der Waals surface area contributed by atoms with Crippen molar-refractivity contribution in [2.24, 2.45) is 0 Å². The summed E-state index contributed by atoms with van der Waals surface area (Å²) in [6.07, 6.45) is 7.35. The minimum atomic E-state index is -4.49. The third kappa shape index (κ3) is 11.7. The summed E-state index contributed by atoms with van der Waals surface area (Å²) in [4.78, 5) is 31.6. The number of thioether (sulfide) groups is 2. The van der Waals surface area contributed by atoms with Crippen LogP contribution in [0.4, 0.5) is 26.3 Å². The molecule has 2 saturated heterocycles. The first-order chi connectivity index (χ1) is 26.7. The van der Waals surface area contributed by atoms with Gasteiger partial charge in [0.2, 0.25) is 0 Å². The lowest BCUT2D eigenvalue weighted by Gasteiger charge is -2.38. The van der Waals surface area contributed by atoms with Gasteiger partial charge in [-0.15, -0.1) is 23.5 Å². The molecule has 2 saturated carbocycles. The third-order valence-corrected chi connectivity index (χ3v) is 13.0. The summed E-state index contributed by atoms with van der Waals surface area (Å²) in [6.45, 7) is 4.21. The monoisotopic (exact) mass is 848 g/mol. The Morgan fingerprint density at radius 3 is 1.23 bits per heavy atom. The number of hydrogen-bond donors (Lipinski definition) is 2. The number of hydrogen-bond acceptors (Lipinski definition) is 8. The molecule has 0 aromatic heterocycles. The van der Waals surface area contributed by atoms with Crippen LogP contribution < -0.4 is 20.1 Å². The average molecular weight is 849 g/mol. The largest absolute Gasteiger partial charge is 0.496 e. The van der Waals surface area contributed by atoms with Gasteiger partial charge in [0.1, 0.15) is 11.5 Å². The predicted octanol–water partition coefficient (Wildman–Crippen LogP) is 9.78. The zero-order chi connectivity index (χ0) is 40.6. The maximum absolute atomic E-state index is 13.2. The predicted molar refractivity (Wildman–Crippen MR) is 215 cm³/mol. The van der Waals surface area contributed by atoms with Crippen LogP contribution in [0, 0.1) is 0 Å². The minimum Gasteiger partial charge on any atom is -0.496 e. The average Bonchev–Trinajstić information content (AvgIpc) is 3.93. The van der Waals surface area contributed by atoms with Gasteiger partial charge in [0, 0.05) is 34.0 Å². The molecule has 2 amide bonds. The van der Waals surface area contributed by atoms with E-state index in [0.717, 1.165) is 125 Å². The number of nitrogens with one attached hydrogen (secondary N) is 2. The number of rotatable bonds is 10. The van der Waals surface area contributed by atoms with E-state index in [-0.39, 0.29) is 63.7 Å². The van der Waals surface area contributed by atoms with Gasteiger partial charge in [-0.2, -0.15) is 26.3 Å². The molecule has 2 aromatic carbocycles. The summed E-state index contributed by atoms with van der Waals surface area (Å²) < 4.78 is 89.4. The highest BCUT2D eigenvalue weighted by atomic mass is 32.2. The molecule has 4 atom stereocenters. The SMILES string of the molecule is C.COc1cc(C(F)(F)F)cc(SC)c1C(=O)N[C@@H]1CCCC[C@@H]1N1CCCC1.COc1cc(C(F)(F)F)cc(SC)c1C(=O)N[C@H]1CCCC[C@H]1N1CCCC1. The molecule has 57 heavy (non-hydrogen) atoms. The van der Waals surface area contributed by atoms with Crippen LogP contribution in [0.3, 0.4) is 0 Å². The molecule has 4 aliphatic rings. The van der Waals surface area contributed by atoms with E-state index in [9.17, 15) is 35.9 Å². The van der Waals surface area contributed by atoms with Crippen LogP contribution in [0.25, 0.3) is 0 Å². The number of methoxy groups -OCH3 is 2. The van der Waals surface area contributed by atoms with Gasteiger partial charge in [-0.3, -0.25) is 19.4 Å². The molecule has 2 aliphatic heterocycles. The molecule has 8 nitrogen and oxygen atoms in total. The van der Waals surface area contributed by atoms with Gasteiger partial charge in [-0.1, -0.05) is 33.1 Å². The Balaban J connectivity index is 0.000000248. The highest BCUT2D eigenvalue weighted by Gasteiger charge is 2.38. The number of ether oxygens (including phenoxy) is 2. The van der Waals surface area contributed by atoms with Crippen molar-refractivity contribution in [1.29, 1.82) is 0 Å². The Hall–Kier alpha value is -2.82. The summed E-state index contributed by atoms with van der Waals surface area (Å²) in [5.41, 5.74) is -1.24. The van der Waals surface area contributed by atoms with Crippen LogP contribution in [0.5, 0.6) is 11.5 Å². The van der Waals surface area contributed by atoms with Gasteiger partial charge in [0.15, 0.2) is 0 Å². The van der Waals surface area contributed by atoms with Crippen molar-refractivity contribution < 1.29 is 45.4 Å². The molecule has 2 heterocycles. The number of carbonyl (C=O) groups excluding carboxylic acids is 2. The zero-order valence-corrected chi connectivity index (χ0v) is 34.2. The van der Waals surface area contributed by atoms with Crippen molar-refractivity contribution in [2.45, 2.75) is 131 Å². The van der Waals surface area contributed by atoms with Crippen molar-refractivity contribution in [3.05, 3.63) is 46.5 Å². The summed E-state index contributed by atoms with van der Waals surface area (Å²) in [7, 11) is 2.59. The first-order valence-corrected chi connectivity index (χ1v) is 21.9. The van der Waals surface area contributed by atoms with Crippen LogP contribution in [0.1, 0.15) is 116 Å². The Morgan fingerprint density at radius 2 is 0.930 bits per heavy atom. The maximum atomic E-state index is 13.2. The van der Waals surface area contributed by atoms with Gasteiger partial charge in [0.05, 0.1) is 36.5 Å². The number of halogens is 6. The second kappa shape index (κ2) is 20.9. The molecule has 6 rings (SSSR count). The molecule has 2 aliphatic carbocycles. The van der Waals surface area contributed by atoms with Gasteiger partial charge >= 0.3 is 12.4 Å². The molecule has 0 unspecified atom stereocenters. The van der Waals surface area contributed by atoms with Crippen molar-refractivity contribution >= 4 is 35.3 Å². The second-order valence-corrected chi connectivity index (χ2v) is 16.6. The van der Waals surface area contributed by atoms with Crippen molar-refractivity contribution in [3.63, 3.8) is 0 Å². The third-order valence-electron chi connectivity index (χ3n) is 11.4. The van der Waals surface area contributed by atoms with Crippen LogP contribution in [0.2, 0.25) is 0 Å². The highest BCUT2D eigenvalue weighted by molar-refractivity contribution is 7.99. The topological polar surface area (TPSA) is 83.1 Å². The lowest BCUT2D eigenvalue weighted by atomic mass is 9.89. The summed E-state index contributed by atoms with van der Waals surface area (Å²) in [6, 6.07) is 4.52. The van der Waals surface area contributed by atoms with E-state index in [1.807, 2.05) is 0 Å².